The van der Waals surface area contributed by atoms with Gasteiger partial charge in [0, 0.05) is 17.7 Å². The van der Waals surface area contributed by atoms with Crippen molar-refractivity contribution in [3.63, 3.8) is 0 Å². The van der Waals surface area contributed by atoms with Gasteiger partial charge in [0.1, 0.15) is 11.4 Å². The zero-order valence-electron chi connectivity index (χ0n) is 25.5. The van der Waals surface area contributed by atoms with Gasteiger partial charge in [0.25, 0.3) is 0 Å². The van der Waals surface area contributed by atoms with Gasteiger partial charge in [0.05, 0.1) is 19.6 Å². The number of aromatic nitrogens is 17. The molecule has 236 valence electrons. The summed E-state index contributed by atoms with van der Waals surface area (Å²) in [4.78, 5) is 9.63. The molecule has 0 radical (unpaired) electrons. The highest BCUT2D eigenvalue weighted by Gasteiger charge is 2.14. The summed E-state index contributed by atoms with van der Waals surface area (Å²) >= 11 is 0. The lowest BCUT2D eigenvalue weighted by molar-refractivity contribution is 0.452. The second-order valence-corrected chi connectivity index (χ2v) is 11.4. The van der Waals surface area contributed by atoms with E-state index < -0.39 is 0 Å². The van der Waals surface area contributed by atoms with Gasteiger partial charge in [-0.3, -0.25) is 0 Å². The van der Waals surface area contributed by atoms with E-state index in [9.17, 15) is 0 Å². The Morgan fingerprint density at radius 1 is 0.457 bits per heavy atom. The fraction of sp³-hybridized carbons (Fsp3) is 0.483. The van der Waals surface area contributed by atoms with E-state index in [0.717, 1.165) is 94.2 Å². The summed E-state index contributed by atoms with van der Waals surface area (Å²) in [5, 5.41) is 51.7. The second kappa shape index (κ2) is 14.2. The highest BCUT2D eigenvalue weighted by atomic mass is 15.6. The molecule has 1 aliphatic heterocycles. The first-order chi connectivity index (χ1) is 22.8. The maximum atomic E-state index is 4.68. The van der Waals surface area contributed by atoms with Crippen LogP contribution in [0.2, 0.25) is 0 Å². The van der Waals surface area contributed by atoms with Crippen LogP contribution in [0, 0.1) is 0 Å². The third kappa shape index (κ3) is 7.13. The van der Waals surface area contributed by atoms with Crippen LogP contribution in [0.3, 0.4) is 0 Å². The van der Waals surface area contributed by atoms with E-state index in [1.165, 1.54) is 0 Å². The highest BCUT2D eigenvalue weighted by Crippen LogP contribution is 2.23. The van der Waals surface area contributed by atoms with Gasteiger partial charge in [-0.1, -0.05) is 62.8 Å². The molecule has 1 aromatic carbocycles. The number of hydrogen-bond donors (Lipinski definition) is 0. The molecule has 5 aromatic heterocycles. The number of nitrogens with zero attached hydrogens (tertiary/aromatic N) is 17. The minimum atomic E-state index is 0.479. The molecule has 6 aromatic rings. The smallest absolute Gasteiger partial charge is 0.223 e. The summed E-state index contributed by atoms with van der Waals surface area (Å²) in [5.41, 5.74) is 3.06. The topological polar surface area (TPSA) is 187 Å². The van der Waals surface area contributed by atoms with Gasteiger partial charge in [-0.25, -0.2) is 9.67 Å². The van der Waals surface area contributed by atoms with E-state index in [1.54, 1.807) is 14.4 Å². The van der Waals surface area contributed by atoms with Crippen LogP contribution in [0.4, 0.5) is 0 Å². The number of fused-ring (bicyclic) bond motifs is 15. The molecule has 0 amide bonds. The predicted octanol–water partition coefficient (Wildman–Crippen LogP) is 3.31. The maximum absolute atomic E-state index is 4.68. The highest BCUT2D eigenvalue weighted by molar-refractivity contribution is 5.65. The number of aryl methyl sites for hydroxylation is 4. The molecule has 0 spiro atoms. The third-order valence-corrected chi connectivity index (χ3v) is 7.92. The Bertz CT molecular complexity index is 1850. The van der Waals surface area contributed by atoms with Crippen molar-refractivity contribution >= 4 is 0 Å². The molecule has 7 rings (SSSR count). The molecule has 1 aliphatic rings. The summed E-state index contributed by atoms with van der Waals surface area (Å²) in [7, 11) is 0. The number of benzene rings is 1. The molecule has 46 heavy (non-hydrogen) atoms. The summed E-state index contributed by atoms with van der Waals surface area (Å²) in [6.07, 6.45) is 10.3. The zero-order valence-corrected chi connectivity index (χ0v) is 25.5. The molecule has 0 saturated carbocycles. The zero-order chi connectivity index (χ0) is 31.0. The van der Waals surface area contributed by atoms with E-state index >= 15 is 0 Å². The molecule has 0 unspecified atom stereocenters. The molecule has 10 bridgehead atoms. The van der Waals surface area contributed by atoms with Gasteiger partial charge in [-0.15, -0.1) is 35.7 Å². The van der Waals surface area contributed by atoms with Crippen LogP contribution in [0.25, 0.3) is 45.8 Å². The second-order valence-electron chi connectivity index (χ2n) is 11.4. The van der Waals surface area contributed by atoms with E-state index in [2.05, 4.69) is 66.7 Å². The molecule has 17 heteroatoms. The van der Waals surface area contributed by atoms with E-state index in [1.807, 2.05) is 47.1 Å². The molecule has 0 saturated heterocycles. The van der Waals surface area contributed by atoms with Crippen molar-refractivity contribution < 1.29 is 0 Å². The first kappa shape index (κ1) is 29.4. The lowest BCUT2D eigenvalue weighted by atomic mass is 10.1. The van der Waals surface area contributed by atoms with Crippen molar-refractivity contribution in [2.24, 2.45) is 0 Å². The van der Waals surface area contributed by atoms with Gasteiger partial charge in [0.15, 0.2) is 5.82 Å². The minimum absolute atomic E-state index is 0.479. The largest absolute Gasteiger partial charge is 0.241 e. The Balaban J connectivity index is 1.03. The van der Waals surface area contributed by atoms with Gasteiger partial charge < -0.3 is 0 Å². The van der Waals surface area contributed by atoms with E-state index in [0.29, 0.717) is 42.0 Å². The van der Waals surface area contributed by atoms with E-state index in [-0.39, 0.29) is 0 Å². The predicted molar refractivity (Wildman–Crippen MR) is 164 cm³/mol. The third-order valence-electron chi connectivity index (χ3n) is 7.92. The normalized spacial score (nSPS) is 15.5. The lowest BCUT2D eigenvalue weighted by Gasteiger charge is -2.06. The van der Waals surface area contributed by atoms with Crippen molar-refractivity contribution in [1.29, 1.82) is 0 Å². The van der Waals surface area contributed by atoms with Crippen LogP contribution >= 0.6 is 0 Å². The number of pyridine rings is 1. The van der Waals surface area contributed by atoms with E-state index in [4.69, 9.17) is 0 Å². The molecule has 0 aliphatic carbocycles. The SMILES string of the molecule is c1cc2cc(c1)-c1nnnn1CCCCCCCn1nnc(n1)-c1cccc(n1)-c1nnn(n1)CCCCCCCn1nnc-2n1. The Kier molecular flexibility index (Phi) is 9.05. The first-order valence-corrected chi connectivity index (χ1v) is 16.0. The lowest BCUT2D eigenvalue weighted by Crippen LogP contribution is -2.04. The molecule has 6 heterocycles. The summed E-state index contributed by atoms with van der Waals surface area (Å²) < 4.78 is 1.87. The van der Waals surface area contributed by atoms with Crippen molar-refractivity contribution in [1.82, 2.24) is 85.8 Å². The quantitative estimate of drug-likeness (QED) is 0.240. The Hall–Kier alpha value is -5.35. The maximum Gasteiger partial charge on any atom is 0.223 e. The van der Waals surface area contributed by atoms with Crippen LogP contribution in [0.1, 0.15) is 64.2 Å². The van der Waals surface area contributed by atoms with Gasteiger partial charge >= 0.3 is 0 Å². The summed E-state index contributed by atoms with van der Waals surface area (Å²) in [5.74, 6) is 2.28. The van der Waals surface area contributed by atoms with Crippen LogP contribution in [-0.2, 0) is 26.2 Å². The number of hydrogen-bond acceptors (Lipinski definition) is 13. The van der Waals surface area contributed by atoms with Gasteiger partial charge in [-0.2, -0.15) is 14.4 Å². The molecule has 0 fully saturated rings. The van der Waals surface area contributed by atoms with Gasteiger partial charge in [-0.05, 0) is 69.9 Å². The average molecular weight is 622 g/mol. The fourth-order valence-corrected chi connectivity index (χ4v) is 5.46. The van der Waals surface area contributed by atoms with Crippen molar-refractivity contribution in [3.05, 3.63) is 42.5 Å². The van der Waals surface area contributed by atoms with Crippen molar-refractivity contribution in [2.45, 2.75) is 90.4 Å². The van der Waals surface area contributed by atoms with Crippen LogP contribution in [-0.4, -0.2) is 85.8 Å². The van der Waals surface area contributed by atoms with Crippen molar-refractivity contribution in [2.75, 3.05) is 0 Å². The van der Waals surface area contributed by atoms with Crippen LogP contribution in [0.15, 0.2) is 42.5 Å². The Labute approximate surface area is 264 Å². The molecule has 17 nitrogen and oxygen atoms in total. The number of rotatable bonds is 0. The molecule has 0 atom stereocenters. The standard InChI is InChI=1S/C29H35N17/c1-3-7-17-43-29(34-38-42-43)23-14-11-13-22(21-23)26-31-39-44(35-26)18-8-5-2-6-10-20-46-37-28(33-41-46)25-16-12-15-24(30-25)27-32-40-45(36-27)19-9-4-1/h11-16,21H,1-10,17-20H2. The monoisotopic (exact) mass is 621 g/mol. The fourth-order valence-electron chi connectivity index (χ4n) is 5.46. The van der Waals surface area contributed by atoms with Gasteiger partial charge in [0.2, 0.25) is 17.5 Å². The first-order valence-electron chi connectivity index (χ1n) is 16.0. The average Bonchev–Trinajstić information content (AvgIpc) is 3.92. The molecular formula is C29H35N17. The van der Waals surface area contributed by atoms with Crippen molar-refractivity contribution in [3.8, 4) is 45.8 Å². The summed E-state index contributed by atoms with van der Waals surface area (Å²) in [6, 6.07) is 13.6. The Morgan fingerprint density at radius 3 is 1.59 bits per heavy atom. The molecular weight excluding hydrogens is 586 g/mol. The minimum Gasteiger partial charge on any atom is -0.241 e. The van der Waals surface area contributed by atoms with Crippen LogP contribution in [0.5, 0.6) is 0 Å². The Morgan fingerprint density at radius 2 is 0.957 bits per heavy atom. The van der Waals surface area contributed by atoms with Crippen LogP contribution < -0.4 is 0 Å². The molecule has 0 N–H and O–H groups in total. The number of tetrazole rings is 4. The summed E-state index contributed by atoms with van der Waals surface area (Å²) in [6.45, 7) is 2.85.